The van der Waals surface area contributed by atoms with Crippen LogP contribution in [0.15, 0.2) is 24.3 Å². The van der Waals surface area contributed by atoms with E-state index in [-0.39, 0.29) is 24.5 Å². The first-order valence-electron chi connectivity index (χ1n) is 7.06. The lowest BCUT2D eigenvalue weighted by atomic mass is 10.2. The number of benzene rings is 1. The first-order chi connectivity index (χ1) is 10.1. The number of halogens is 1. The molecule has 0 bridgehead atoms. The number of carbonyl (C=O) groups is 2. The molecule has 1 N–H and O–H groups in total. The molecule has 0 spiro atoms. The molecule has 1 atom stereocenters. The maximum atomic E-state index is 13.1. The molecule has 1 heterocycles. The highest BCUT2D eigenvalue weighted by atomic mass is 19.1. The molecule has 1 aliphatic rings. The SMILES string of the molecule is CCOC(=O)C1CCCN1CC(=O)Nc1cccc(F)c1. The predicted molar refractivity (Wildman–Crippen MR) is 76.3 cm³/mol. The minimum absolute atomic E-state index is 0.0972. The number of likely N-dealkylation sites (tertiary alicyclic amines) is 1. The van der Waals surface area contributed by atoms with E-state index in [4.69, 9.17) is 4.74 Å². The molecule has 5 nitrogen and oxygen atoms in total. The van der Waals surface area contributed by atoms with Gasteiger partial charge in [0.2, 0.25) is 5.91 Å². The monoisotopic (exact) mass is 294 g/mol. The molecule has 114 valence electrons. The molecule has 21 heavy (non-hydrogen) atoms. The van der Waals surface area contributed by atoms with Gasteiger partial charge in [-0.2, -0.15) is 0 Å². The number of carbonyl (C=O) groups excluding carboxylic acids is 2. The van der Waals surface area contributed by atoms with Crippen LogP contribution in [0.4, 0.5) is 10.1 Å². The third-order valence-electron chi connectivity index (χ3n) is 3.38. The molecule has 0 saturated carbocycles. The first kappa shape index (κ1) is 15.4. The number of amides is 1. The summed E-state index contributed by atoms with van der Waals surface area (Å²) < 4.78 is 18.1. The van der Waals surface area contributed by atoms with Crippen molar-refractivity contribution in [3.8, 4) is 0 Å². The van der Waals surface area contributed by atoms with Crippen molar-refractivity contribution in [3.05, 3.63) is 30.1 Å². The summed E-state index contributed by atoms with van der Waals surface area (Å²) >= 11 is 0. The number of anilines is 1. The molecular weight excluding hydrogens is 275 g/mol. The van der Waals surface area contributed by atoms with Gasteiger partial charge in [-0.25, -0.2) is 4.39 Å². The lowest BCUT2D eigenvalue weighted by molar-refractivity contribution is -0.148. The number of nitrogens with zero attached hydrogens (tertiary/aromatic N) is 1. The van der Waals surface area contributed by atoms with Gasteiger partial charge in [-0.3, -0.25) is 14.5 Å². The summed E-state index contributed by atoms with van der Waals surface area (Å²) in [7, 11) is 0. The fourth-order valence-corrected chi connectivity index (χ4v) is 2.47. The molecule has 1 saturated heterocycles. The van der Waals surface area contributed by atoms with Gasteiger partial charge in [0.15, 0.2) is 0 Å². The highest BCUT2D eigenvalue weighted by molar-refractivity contribution is 5.92. The van der Waals surface area contributed by atoms with Crippen LogP contribution in [0.25, 0.3) is 0 Å². The second-order valence-corrected chi connectivity index (χ2v) is 4.94. The molecule has 1 fully saturated rings. The van der Waals surface area contributed by atoms with Crippen molar-refractivity contribution in [2.45, 2.75) is 25.8 Å². The highest BCUT2D eigenvalue weighted by Crippen LogP contribution is 2.18. The summed E-state index contributed by atoms with van der Waals surface area (Å²) in [6.07, 6.45) is 1.56. The lowest BCUT2D eigenvalue weighted by Gasteiger charge is -2.22. The first-order valence-corrected chi connectivity index (χ1v) is 7.06. The van der Waals surface area contributed by atoms with Crippen molar-refractivity contribution in [2.24, 2.45) is 0 Å². The van der Waals surface area contributed by atoms with Crippen molar-refractivity contribution < 1.29 is 18.7 Å². The Kier molecular flexibility index (Phi) is 5.27. The summed E-state index contributed by atoms with van der Waals surface area (Å²) in [5, 5.41) is 2.63. The Hall–Kier alpha value is -1.95. The number of esters is 1. The fraction of sp³-hybridized carbons (Fsp3) is 0.467. The predicted octanol–water partition coefficient (Wildman–Crippen LogP) is 1.79. The molecule has 1 aliphatic heterocycles. The Morgan fingerprint density at radius 1 is 1.48 bits per heavy atom. The molecule has 0 aromatic heterocycles. The maximum Gasteiger partial charge on any atom is 0.323 e. The molecule has 0 radical (unpaired) electrons. The minimum Gasteiger partial charge on any atom is -0.465 e. The van der Waals surface area contributed by atoms with Gasteiger partial charge in [-0.1, -0.05) is 6.07 Å². The third-order valence-corrected chi connectivity index (χ3v) is 3.38. The van der Waals surface area contributed by atoms with Crippen LogP contribution in [0.5, 0.6) is 0 Å². The number of nitrogens with one attached hydrogen (secondary N) is 1. The smallest absolute Gasteiger partial charge is 0.323 e. The third kappa shape index (κ3) is 4.26. The number of hydrogen-bond acceptors (Lipinski definition) is 4. The van der Waals surface area contributed by atoms with Gasteiger partial charge in [-0.05, 0) is 44.5 Å². The maximum absolute atomic E-state index is 13.1. The second kappa shape index (κ2) is 7.17. The zero-order valence-corrected chi connectivity index (χ0v) is 12.0. The molecule has 1 amide bonds. The summed E-state index contributed by atoms with van der Waals surface area (Å²) in [4.78, 5) is 25.6. The topological polar surface area (TPSA) is 58.6 Å². The van der Waals surface area contributed by atoms with E-state index in [0.29, 0.717) is 25.3 Å². The number of ether oxygens (including phenoxy) is 1. The van der Waals surface area contributed by atoms with Gasteiger partial charge in [0.1, 0.15) is 11.9 Å². The molecule has 1 aromatic rings. The zero-order valence-electron chi connectivity index (χ0n) is 12.0. The quantitative estimate of drug-likeness (QED) is 0.841. The van der Waals surface area contributed by atoms with Crippen molar-refractivity contribution >= 4 is 17.6 Å². The van der Waals surface area contributed by atoms with Crippen molar-refractivity contribution in [3.63, 3.8) is 0 Å². The average Bonchev–Trinajstić information content (AvgIpc) is 2.87. The fourth-order valence-electron chi connectivity index (χ4n) is 2.47. The van der Waals surface area contributed by atoms with Gasteiger partial charge < -0.3 is 10.1 Å². The molecule has 1 unspecified atom stereocenters. The Balaban J connectivity index is 1.91. The van der Waals surface area contributed by atoms with Gasteiger partial charge >= 0.3 is 5.97 Å². The summed E-state index contributed by atoms with van der Waals surface area (Å²) in [5.41, 5.74) is 0.409. The van der Waals surface area contributed by atoms with E-state index in [2.05, 4.69) is 5.32 Å². The summed E-state index contributed by atoms with van der Waals surface area (Å²) in [5.74, 6) is -0.955. The Morgan fingerprint density at radius 2 is 2.29 bits per heavy atom. The van der Waals surface area contributed by atoms with E-state index in [9.17, 15) is 14.0 Å². The summed E-state index contributed by atoms with van der Waals surface area (Å²) in [6, 6.07) is 5.36. The largest absolute Gasteiger partial charge is 0.465 e. The van der Waals surface area contributed by atoms with Gasteiger partial charge in [0.25, 0.3) is 0 Å². The normalized spacial score (nSPS) is 18.5. The van der Waals surface area contributed by atoms with Gasteiger partial charge in [0.05, 0.1) is 13.2 Å². The molecule has 1 aromatic carbocycles. The molecule has 6 heteroatoms. The van der Waals surface area contributed by atoms with Crippen LogP contribution in [0.3, 0.4) is 0 Å². The summed E-state index contributed by atoms with van der Waals surface area (Å²) in [6.45, 7) is 2.87. The highest BCUT2D eigenvalue weighted by Gasteiger charge is 2.32. The van der Waals surface area contributed by atoms with Crippen LogP contribution < -0.4 is 5.32 Å². The van der Waals surface area contributed by atoms with Crippen LogP contribution >= 0.6 is 0 Å². The van der Waals surface area contributed by atoms with Crippen LogP contribution in [-0.2, 0) is 14.3 Å². The minimum atomic E-state index is -0.404. The van der Waals surface area contributed by atoms with Crippen molar-refractivity contribution in [2.75, 3.05) is 25.0 Å². The van der Waals surface area contributed by atoms with E-state index in [1.807, 2.05) is 0 Å². The van der Waals surface area contributed by atoms with E-state index < -0.39 is 5.82 Å². The van der Waals surface area contributed by atoms with Crippen molar-refractivity contribution in [1.82, 2.24) is 4.90 Å². The second-order valence-electron chi connectivity index (χ2n) is 4.94. The molecule has 2 rings (SSSR count). The Labute approximate surface area is 123 Å². The zero-order chi connectivity index (χ0) is 15.2. The van der Waals surface area contributed by atoms with E-state index >= 15 is 0 Å². The average molecular weight is 294 g/mol. The number of hydrogen-bond donors (Lipinski definition) is 1. The lowest BCUT2D eigenvalue weighted by Crippen LogP contribution is -2.41. The standard InChI is InChI=1S/C15H19FN2O3/c1-2-21-15(20)13-7-4-8-18(13)10-14(19)17-12-6-3-5-11(16)9-12/h3,5-6,9,13H,2,4,7-8,10H2,1H3,(H,17,19). The Morgan fingerprint density at radius 3 is 3.00 bits per heavy atom. The van der Waals surface area contributed by atoms with Crippen molar-refractivity contribution in [1.29, 1.82) is 0 Å². The van der Waals surface area contributed by atoms with E-state index in [0.717, 1.165) is 6.42 Å². The van der Waals surface area contributed by atoms with Gasteiger partial charge in [0, 0.05) is 5.69 Å². The molecular formula is C15H19FN2O3. The molecule has 0 aliphatic carbocycles. The van der Waals surface area contributed by atoms with Crippen LogP contribution in [0.1, 0.15) is 19.8 Å². The van der Waals surface area contributed by atoms with E-state index in [1.54, 1.807) is 17.9 Å². The van der Waals surface area contributed by atoms with E-state index in [1.165, 1.54) is 18.2 Å². The van der Waals surface area contributed by atoms with Crippen LogP contribution in [0, 0.1) is 5.82 Å². The Bertz CT molecular complexity index is 521. The number of rotatable bonds is 5. The van der Waals surface area contributed by atoms with Crippen LogP contribution in [-0.4, -0.2) is 42.5 Å². The van der Waals surface area contributed by atoms with Gasteiger partial charge in [-0.15, -0.1) is 0 Å². The van der Waals surface area contributed by atoms with Crippen LogP contribution in [0.2, 0.25) is 0 Å².